The molecule has 2 heterocycles. The predicted molar refractivity (Wildman–Crippen MR) is 118 cm³/mol. The quantitative estimate of drug-likeness (QED) is 0.500. The molecule has 33 heavy (non-hydrogen) atoms. The summed E-state index contributed by atoms with van der Waals surface area (Å²) < 4.78 is 40.3. The number of nitrogens with one attached hydrogen (secondary N) is 1. The molecule has 1 aromatic heterocycles. The van der Waals surface area contributed by atoms with Gasteiger partial charge in [-0.2, -0.15) is 5.26 Å². The van der Waals surface area contributed by atoms with Gasteiger partial charge in [0.25, 0.3) is 0 Å². The van der Waals surface area contributed by atoms with Crippen LogP contribution in [0.5, 0.6) is 11.5 Å². The van der Waals surface area contributed by atoms with Crippen molar-refractivity contribution in [3.8, 4) is 28.7 Å². The standard InChI is InChI=1S/C25H23F2N3O3/c1-2-12-32-25(31)23-19(13-28)20(15-30(23)17-10-11-29-14-17)16-6-8-18(9-7-16)33-24-21(26)4-3-5-22(24)27/h3-9,15,17,29H,2,10-12,14H2,1H3/t17-/m1/s1. The van der Waals surface area contributed by atoms with Crippen molar-refractivity contribution in [2.45, 2.75) is 25.8 Å². The average Bonchev–Trinajstić information content (AvgIpc) is 3.48. The molecule has 170 valence electrons. The zero-order valence-corrected chi connectivity index (χ0v) is 18.1. The summed E-state index contributed by atoms with van der Waals surface area (Å²) in [7, 11) is 0. The van der Waals surface area contributed by atoms with Gasteiger partial charge in [0.1, 0.15) is 17.5 Å². The van der Waals surface area contributed by atoms with Crippen LogP contribution in [-0.2, 0) is 4.74 Å². The largest absolute Gasteiger partial charge is 0.461 e. The Balaban J connectivity index is 1.69. The normalized spacial score (nSPS) is 15.3. The molecule has 3 aromatic rings. The minimum absolute atomic E-state index is 0.0293. The van der Waals surface area contributed by atoms with Gasteiger partial charge < -0.3 is 19.4 Å². The molecule has 1 N–H and O–H groups in total. The Hall–Kier alpha value is -3.70. The highest BCUT2D eigenvalue weighted by Gasteiger charge is 2.29. The van der Waals surface area contributed by atoms with Gasteiger partial charge in [-0.15, -0.1) is 0 Å². The molecule has 6 nitrogen and oxygen atoms in total. The summed E-state index contributed by atoms with van der Waals surface area (Å²) in [4.78, 5) is 12.8. The number of nitrogens with zero attached hydrogens (tertiary/aromatic N) is 2. The summed E-state index contributed by atoms with van der Waals surface area (Å²) in [5.74, 6) is -2.37. The highest BCUT2D eigenvalue weighted by atomic mass is 19.1. The second-order valence-corrected chi connectivity index (χ2v) is 7.75. The molecule has 0 amide bonds. The molecular formula is C25H23F2N3O3. The van der Waals surface area contributed by atoms with Crippen molar-refractivity contribution in [1.29, 1.82) is 5.26 Å². The van der Waals surface area contributed by atoms with E-state index in [0.717, 1.165) is 25.1 Å². The number of ether oxygens (including phenoxy) is 2. The molecule has 1 aliphatic heterocycles. The summed E-state index contributed by atoms with van der Waals surface area (Å²) in [5.41, 5.74) is 1.72. The van der Waals surface area contributed by atoms with Crippen molar-refractivity contribution in [2.75, 3.05) is 19.7 Å². The van der Waals surface area contributed by atoms with E-state index in [-0.39, 0.29) is 29.7 Å². The molecule has 8 heteroatoms. The monoisotopic (exact) mass is 451 g/mol. The van der Waals surface area contributed by atoms with Crippen molar-refractivity contribution in [3.05, 3.63) is 71.6 Å². The first-order chi connectivity index (χ1) is 16.0. The van der Waals surface area contributed by atoms with Crippen molar-refractivity contribution < 1.29 is 23.0 Å². The topological polar surface area (TPSA) is 76.3 Å². The lowest BCUT2D eigenvalue weighted by Crippen LogP contribution is -2.19. The van der Waals surface area contributed by atoms with Gasteiger partial charge in [-0.25, -0.2) is 13.6 Å². The maximum atomic E-state index is 13.9. The van der Waals surface area contributed by atoms with Gasteiger partial charge in [0.2, 0.25) is 0 Å². The van der Waals surface area contributed by atoms with E-state index >= 15 is 0 Å². The molecule has 0 saturated carbocycles. The summed E-state index contributed by atoms with van der Waals surface area (Å²) in [6.45, 7) is 3.68. The maximum absolute atomic E-state index is 13.9. The Bertz CT molecular complexity index is 1170. The van der Waals surface area contributed by atoms with Crippen molar-refractivity contribution in [2.24, 2.45) is 0 Å². The van der Waals surface area contributed by atoms with Crippen LogP contribution in [0.4, 0.5) is 8.78 Å². The van der Waals surface area contributed by atoms with Crippen LogP contribution in [0.3, 0.4) is 0 Å². The molecule has 1 saturated heterocycles. The highest BCUT2D eigenvalue weighted by Crippen LogP contribution is 2.34. The highest BCUT2D eigenvalue weighted by molar-refractivity contribution is 5.94. The van der Waals surface area contributed by atoms with Gasteiger partial charge in [-0.05, 0) is 49.2 Å². The third-order valence-corrected chi connectivity index (χ3v) is 5.51. The van der Waals surface area contributed by atoms with Crippen LogP contribution >= 0.6 is 0 Å². The van der Waals surface area contributed by atoms with Crippen LogP contribution in [0.2, 0.25) is 0 Å². The number of hydrogen-bond donors (Lipinski definition) is 1. The van der Waals surface area contributed by atoms with Crippen LogP contribution in [0.1, 0.15) is 41.9 Å². The van der Waals surface area contributed by atoms with E-state index in [1.165, 1.54) is 6.07 Å². The van der Waals surface area contributed by atoms with Gasteiger partial charge in [0.05, 0.1) is 12.2 Å². The summed E-state index contributed by atoms with van der Waals surface area (Å²) in [6, 6.07) is 12.2. The number of aromatic nitrogens is 1. The lowest BCUT2D eigenvalue weighted by Gasteiger charge is -2.15. The van der Waals surface area contributed by atoms with Crippen molar-refractivity contribution in [3.63, 3.8) is 0 Å². The zero-order chi connectivity index (χ0) is 23.4. The molecule has 0 unspecified atom stereocenters. The van der Waals surface area contributed by atoms with Gasteiger partial charge in [-0.1, -0.05) is 25.1 Å². The van der Waals surface area contributed by atoms with Crippen LogP contribution in [0, 0.1) is 23.0 Å². The summed E-state index contributed by atoms with van der Waals surface area (Å²) >= 11 is 0. The predicted octanol–water partition coefficient (Wildman–Crippen LogP) is 5.20. The van der Waals surface area contributed by atoms with Gasteiger partial charge >= 0.3 is 5.97 Å². The Morgan fingerprint density at radius 2 is 1.94 bits per heavy atom. The number of hydrogen-bond acceptors (Lipinski definition) is 5. The van der Waals surface area contributed by atoms with E-state index in [1.807, 2.05) is 11.5 Å². The Morgan fingerprint density at radius 3 is 2.55 bits per heavy atom. The summed E-state index contributed by atoms with van der Waals surface area (Å²) in [6.07, 6.45) is 3.30. The molecule has 0 aliphatic carbocycles. The van der Waals surface area contributed by atoms with E-state index in [9.17, 15) is 18.8 Å². The number of para-hydroxylation sites is 1. The second kappa shape index (κ2) is 9.84. The summed E-state index contributed by atoms with van der Waals surface area (Å²) in [5, 5.41) is 13.2. The van der Waals surface area contributed by atoms with Crippen molar-refractivity contribution in [1.82, 2.24) is 9.88 Å². The van der Waals surface area contributed by atoms with E-state index in [1.54, 1.807) is 30.5 Å². The van der Waals surface area contributed by atoms with E-state index in [0.29, 0.717) is 24.1 Å². The number of carbonyl (C=O) groups excluding carboxylic acids is 1. The third kappa shape index (κ3) is 4.59. The fourth-order valence-corrected chi connectivity index (χ4v) is 3.89. The van der Waals surface area contributed by atoms with Crippen LogP contribution in [0.15, 0.2) is 48.7 Å². The lowest BCUT2D eigenvalue weighted by molar-refractivity contribution is 0.0490. The smallest absolute Gasteiger partial charge is 0.356 e. The minimum atomic E-state index is -0.802. The lowest BCUT2D eigenvalue weighted by atomic mass is 10.0. The zero-order valence-electron chi connectivity index (χ0n) is 18.1. The molecule has 1 fully saturated rings. The number of carbonyl (C=O) groups is 1. The molecule has 0 radical (unpaired) electrons. The van der Waals surface area contributed by atoms with Gasteiger partial charge in [0.15, 0.2) is 17.4 Å². The van der Waals surface area contributed by atoms with Crippen LogP contribution in [-0.4, -0.2) is 30.2 Å². The van der Waals surface area contributed by atoms with Crippen LogP contribution in [0.25, 0.3) is 11.1 Å². The molecule has 1 atom stereocenters. The Labute approximate surface area is 190 Å². The molecule has 2 aromatic carbocycles. The fourth-order valence-electron chi connectivity index (χ4n) is 3.89. The van der Waals surface area contributed by atoms with E-state index in [4.69, 9.17) is 9.47 Å². The van der Waals surface area contributed by atoms with E-state index < -0.39 is 23.4 Å². The second-order valence-electron chi connectivity index (χ2n) is 7.75. The first-order valence-electron chi connectivity index (χ1n) is 10.8. The third-order valence-electron chi connectivity index (χ3n) is 5.51. The fraction of sp³-hybridized carbons (Fsp3) is 0.280. The molecule has 0 spiro atoms. The molecule has 0 bridgehead atoms. The Morgan fingerprint density at radius 1 is 1.21 bits per heavy atom. The molecular weight excluding hydrogens is 428 g/mol. The van der Waals surface area contributed by atoms with Gasteiger partial charge in [-0.3, -0.25) is 0 Å². The first-order valence-corrected chi connectivity index (χ1v) is 10.8. The Kier molecular flexibility index (Phi) is 6.71. The number of rotatable bonds is 7. The number of benzene rings is 2. The number of nitriles is 1. The molecule has 4 rings (SSSR count). The number of halogens is 2. The number of esters is 1. The SMILES string of the molecule is CCCOC(=O)c1c(C#N)c(-c2ccc(Oc3c(F)cccc3F)cc2)cn1[C@@H]1CCNC1. The minimum Gasteiger partial charge on any atom is -0.461 e. The first kappa shape index (κ1) is 22.5. The van der Waals surface area contributed by atoms with E-state index in [2.05, 4.69) is 11.4 Å². The maximum Gasteiger partial charge on any atom is 0.356 e. The van der Waals surface area contributed by atoms with Crippen molar-refractivity contribution >= 4 is 5.97 Å². The average molecular weight is 451 g/mol. The van der Waals surface area contributed by atoms with Crippen LogP contribution < -0.4 is 10.1 Å². The van der Waals surface area contributed by atoms with Gasteiger partial charge in [0, 0.05) is 24.3 Å². The molecule has 1 aliphatic rings.